The van der Waals surface area contributed by atoms with Crippen LogP contribution in [0.1, 0.15) is 18.1 Å². The lowest BCUT2D eigenvalue weighted by atomic mass is 9.91. The van der Waals surface area contributed by atoms with E-state index in [-0.39, 0.29) is 5.91 Å². The van der Waals surface area contributed by atoms with Crippen molar-refractivity contribution < 1.29 is 14.3 Å². The monoisotopic (exact) mass is 474 g/mol. The number of para-hydroxylation sites is 1. The topological polar surface area (TPSA) is 67.4 Å². The maximum Gasteiger partial charge on any atom is 0.303 e. The summed E-state index contributed by atoms with van der Waals surface area (Å²) < 4.78 is 5.80. The zero-order valence-electron chi connectivity index (χ0n) is 20.0. The molecule has 178 valence electrons. The van der Waals surface area contributed by atoms with Gasteiger partial charge in [0.15, 0.2) is 0 Å². The number of carbonyl (C=O) groups excluding carboxylic acids is 2. The summed E-state index contributed by atoms with van der Waals surface area (Å²) in [5.41, 5.74) is 2.90. The predicted molar refractivity (Wildman–Crippen MR) is 144 cm³/mol. The molecule has 0 radical (unpaired) electrons. The highest BCUT2D eigenvalue weighted by atomic mass is 16.5. The van der Waals surface area contributed by atoms with Crippen molar-refractivity contribution in [1.29, 1.82) is 0 Å². The number of esters is 1. The van der Waals surface area contributed by atoms with Crippen molar-refractivity contribution in [1.82, 2.24) is 5.32 Å². The van der Waals surface area contributed by atoms with E-state index in [1.165, 1.54) is 23.1 Å². The Morgan fingerprint density at radius 3 is 2.50 bits per heavy atom. The smallest absolute Gasteiger partial charge is 0.303 e. The van der Waals surface area contributed by atoms with Gasteiger partial charge >= 0.3 is 5.97 Å². The van der Waals surface area contributed by atoms with E-state index in [1.807, 2.05) is 36.4 Å². The Morgan fingerprint density at radius 1 is 0.861 bits per heavy atom. The maximum absolute atomic E-state index is 13.2. The van der Waals surface area contributed by atoms with Gasteiger partial charge in [-0.2, -0.15) is 0 Å². The van der Waals surface area contributed by atoms with E-state index in [0.717, 1.165) is 33.0 Å². The van der Waals surface area contributed by atoms with E-state index in [2.05, 4.69) is 65.2 Å². The Morgan fingerprint density at radius 2 is 1.61 bits per heavy atom. The third-order valence-corrected chi connectivity index (χ3v) is 7.03. The standard InChI is InChI=1S/C31H26N2O3/c1-19(34)36-28(30-31(35)32-18-23-8-3-5-12-27(23)33-30)17-22-10-6-9-21-14-15-25-24-11-4-2-7-20(24)13-16-26(25)29(21)22/h2-16,28,30,33H,17-18H2,1H3,(H,32,35). The van der Waals surface area contributed by atoms with Crippen molar-refractivity contribution >= 4 is 49.9 Å². The van der Waals surface area contributed by atoms with Gasteiger partial charge in [0, 0.05) is 25.6 Å². The van der Waals surface area contributed by atoms with Crippen LogP contribution in [-0.4, -0.2) is 24.0 Å². The summed E-state index contributed by atoms with van der Waals surface area (Å²) in [6.07, 6.45) is -0.286. The van der Waals surface area contributed by atoms with Gasteiger partial charge < -0.3 is 15.4 Å². The number of hydrogen-bond acceptors (Lipinski definition) is 4. The zero-order valence-corrected chi connectivity index (χ0v) is 20.0. The normalized spacial score (nSPS) is 16.1. The van der Waals surface area contributed by atoms with E-state index in [9.17, 15) is 9.59 Å². The van der Waals surface area contributed by atoms with Crippen molar-refractivity contribution in [3.8, 4) is 0 Å². The second kappa shape index (κ2) is 9.00. The van der Waals surface area contributed by atoms with Crippen molar-refractivity contribution in [2.45, 2.75) is 32.0 Å². The Kier molecular flexibility index (Phi) is 5.53. The van der Waals surface area contributed by atoms with Crippen LogP contribution in [0.3, 0.4) is 0 Å². The number of fused-ring (bicyclic) bond motifs is 6. The molecule has 2 atom stereocenters. The number of hydrogen-bond donors (Lipinski definition) is 2. The lowest BCUT2D eigenvalue weighted by Crippen LogP contribution is -2.48. The van der Waals surface area contributed by atoms with Crippen LogP contribution >= 0.6 is 0 Å². The summed E-state index contributed by atoms with van der Waals surface area (Å²) in [7, 11) is 0. The van der Waals surface area contributed by atoms with Gasteiger partial charge in [0.2, 0.25) is 5.91 Å². The summed E-state index contributed by atoms with van der Waals surface area (Å²) >= 11 is 0. The van der Waals surface area contributed by atoms with Crippen LogP contribution in [0.5, 0.6) is 0 Å². The van der Waals surface area contributed by atoms with Crippen LogP contribution in [0.4, 0.5) is 5.69 Å². The highest BCUT2D eigenvalue weighted by Gasteiger charge is 2.33. The molecule has 5 aromatic rings. The van der Waals surface area contributed by atoms with Crippen LogP contribution in [0.15, 0.2) is 91.0 Å². The molecule has 2 unspecified atom stereocenters. The molecule has 1 aliphatic heterocycles. The first-order valence-corrected chi connectivity index (χ1v) is 12.2. The van der Waals surface area contributed by atoms with Crippen LogP contribution in [0.2, 0.25) is 0 Å². The molecule has 1 heterocycles. The Bertz CT molecular complexity index is 1640. The fraction of sp³-hybridized carbons (Fsp3) is 0.161. The number of rotatable bonds is 4. The number of anilines is 1. The summed E-state index contributed by atoms with van der Waals surface area (Å²) in [4.78, 5) is 25.3. The van der Waals surface area contributed by atoms with E-state index in [1.54, 1.807) is 0 Å². The van der Waals surface area contributed by atoms with Crippen LogP contribution in [0, 0.1) is 0 Å². The van der Waals surface area contributed by atoms with Crippen LogP contribution in [-0.2, 0) is 27.3 Å². The fourth-order valence-electron chi connectivity index (χ4n) is 5.38. The van der Waals surface area contributed by atoms with Gasteiger partial charge in [0.1, 0.15) is 12.1 Å². The third-order valence-electron chi connectivity index (χ3n) is 7.03. The van der Waals surface area contributed by atoms with Crippen molar-refractivity contribution in [3.63, 3.8) is 0 Å². The Labute approximate surface area is 209 Å². The minimum Gasteiger partial charge on any atom is -0.459 e. The number of amides is 1. The molecule has 1 amide bonds. The molecule has 1 aliphatic rings. The third kappa shape index (κ3) is 3.93. The molecule has 5 heteroatoms. The van der Waals surface area contributed by atoms with Crippen LogP contribution < -0.4 is 10.6 Å². The summed E-state index contributed by atoms with van der Waals surface area (Å²) in [6.45, 7) is 1.82. The van der Waals surface area contributed by atoms with Crippen LogP contribution in [0.25, 0.3) is 32.3 Å². The van der Waals surface area contributed by atoms with Crippen molar-refractivity contribution in [2.24, 2.45) is 0 Å². The molecule has 0 saturated heterocycles. The zero-order chi connectivity index (χ0) is 24.6. The average Bonchev–Trinajstić information content (AvgIpc) is 3.06. The molecule has 0 spiro atoms. The number of benzene rings is 5. The molecule has 0 aliphatic carbocycles. The van der Waals surface area contributed by atoms with Crippen molar-refractivity contribution in [2.75, 3.05) is 5.32 Å². The summed E-state index contributed by atoms with van der Waals surface area (Å²) in [5.74, 6) is -0.600. The second-order valence-corrected chi connectivity index (χ2v) is 9.31. The van der Waals surface area contributed by atoms with Crippen molar-refractivity contribution in [3.05, 3.63) is 102 Å². The predicted octanol–water partition coefficient (Wildman–Crippen LogP) is 5.73. The maximum atomic E-state index is 13.2. The minimum absolute atomic E-state index is 0.187. The number of nitrogens with one attached hydrogen (secondary N) is 2. The largest absolute Gasteiger partial charge is 0.459 e. The van der Waals surface area contributed by atoms with Gasteiger partial charge in [-0.3, -0.25) is 9.59 Å². The molecule has 36 heavy (non-hydrogen) atoms. The molecule has 2 N–H and O–H groups in total. The van der Waals surface area contributed by atoms with Gasteiger partial charge in [-0.05, 0) is 49.5 Å². The van der Waals surface area contributed by atoms with E-state index in [0.29, 0.717) is 13.0 Å². The minimum atomic E-state index is -0.719. The average molecular weight is 475 g/mol. The SMILES string of the molecule is CC(=O)OC(Cc1cccc2ccc3c4ccccc4ccc3c12)C1Nc2ccccc2CNC1=O. The first-order chi connectivity index (χ1) is 17.6. The quantitative estimate of drug-likeness (QED) is 0.258. The van der Waals surface area contributed by atoms with Gasteiger partial charge in [0.05, 0.1) is 0 Å². The van der Waals surface area contributed by atoms with Gasteiger partial charge in [-0.15, -0.1) is 0 Å². The number of carbonyl (C=O) groups is 2. The molecular formula is C31H26N2O3. The summed E-state index contributed by atoms with van der Waals surface area (Å²) in [5, 5.41) is 13.3. The van der Waals surface area contributed by atoms with Gasteiger partial charge in [-0.1, -0.05) is 84.9 Å². The second-order valence-electron chi connectivity index (χ2n) is 9.31. The summed E-state index contributed by atoms with van der Waals surface area (Å²) in [6, 6.07) is 30.3. The lowest BCUT2D eigenvalue weighted by molar-refractivity contribution is -0.148. The molecule has 0 saturated carbocycles. The van der Waals surface area contributed by atoms with E-state index >= 15 is 0 Å². The molecule has 0 fully saturated rings. The molecule has 0 aromatic heterocycles. The van der Waals surface area contributed by atoms with Gasteiger partial charge in [-0.25, -0.2) is 0 Å². The molecule has 5 aromatic carbocycles. The van der Waals surface area contributed by atoms with E-state index < -0.39 is 18.1 Å². The van der Waals surface area contributed by atoms with E-state index in [4.69, 9.17) is 4.74 Å². The molecule has 5 nitrogen and oxygen atoms in total. The molecular weight excluding hydrogens is 448 g/mol. The Balaban J connectivity index is 1.47. The fourth-order valence-corrected chi connectivity index (χ4v) is 5.38. The number of ether oxygens (including phenoxy) is 1. The molecule has 0 bridgehead atoms. The first kappa shape index (κ1) is 22.1. The highest BCUT2D eigenvalue weighted by Crippen LogP contribution is 2.34. The molecule has 6 rings (SSSR count). The first-order valence-electron chi connectivity index (χ1n) is 12.2. The van der Waals surface area contributed by atoms with Gasteiger partial charge in [0.25, 0.3) is 0 Å². The Hall–Kier alpha value is -4.38. The highest BCUT2D eigenvalue weighted by molar-refractivity contribution is 6.18. The lowest BCUT2D eigenvalue weighted by Gasteiger charge is -2.27.